The quantitative estimate of drug-likeness (QED) is 0.846. The minimum atomic E-state index is 0.436. The number of pyridine rings is 1. The number of nitrogens with zero attached hydrogens (tertiary/aromatic N) is 6. The van der Waals surface area contributed by atoms with E-state index in [-0.39, 0.29) is 0 Å². The zero-order valence-electron chi connectivity index (χ0n) is 14.1. The second kappa shape index (κ2) is 6.93. The van der Waals surface area contributed by atoms with Gasteiger partial charge in [0.2, 0.25) is 5.95 Å². The molecule has 0 atom stereocenters. The van der Waals surface area contributed by atoms with E-state index in [0.717, 1.165) is 61.0 Å². The summed E-state index contributed by atoms with van der Waals surface area (Å²) in [6.45, 7) is 4.50. The van der Waals surface area contributed by atoms with E-state index < -0.39 is 0 Å². The SMILES string of the molecule is CN1CCN(c2nc(NCC3=NC=CC3)c3cc(Cl)ncc3n2)CC1. The first-order valence-electron chi connectivity index (χ1n) is 8.40. The molecule has 2 aromatic heterocycles. The molecular formula is C17H20ClN7. The maximum Gasteiger partial charge on any atom is 0.228 e. The maximum absolute atomic E-state index is 6.08. The lowest BCUT2D eigenvalue weighted by molar-refractivity contribution is 0.311. The molecule has 25 heavy (non-hydrogen) atoms. The van der Waals surface area contributed by atoms with Crippen LogP contribution in [0.2, 0.25) is 5.15 Å². The number of allylic oxidation sites excluding steroid dienone is 1. The molecule has 4 rings (SSSR count). The number of hydrogen-bond donors (Lipinski definition) is 1. The van der Waals surface area contributed by atoms with Crippen LogP contribution >= 0.6 is 11.6 Å². The third-order valence-electron chi connectivity index (χ3n) is 4.50. The largest absolute Gasteiger partial charge is 0.364 e. The molecule has 1 N–H and O–H groups in total. The third-order valence-corrected chi connectivity index (χ3v) is 4.71. The highest BCUT2D eigenvalue weighted by Gasteiger charge is 2.19. The van der Waals surface area contributed by atoms with Crippen molar-refractivity contribution in [2.45, 2.75) is 6.42 Å². The second-order valence-corrected chi connectivity index (χ2v) is 6.71. The normalized spacial score (nSPS) is 18.0. The van der Waals surface area contributed by atoms with E-state index in [9.17, 15) is 0 Å². The minimum Gasteiger partial charge on any atom is -0.364 e. The molecule has 0 radical (unpaired) electrons. The molecule has 1 saturated heterocycles. The Hall–Kier alpha value is -2.25. The number of nitrogens with one attached hydrogen (secondary N) is 1. The van der Waals surface area contributed by atoms with Crippen LogP contribution in [0.4, 0.5) is 11.8 Å². The van der Waals surface area contributed by atoms with Crippen molar-refractivity contribution in [3.8, 4) is 0 Å². The molecule has 0 saturated carbocycles. The predicted molar refractivity (Wildman–Crippen MR) is 102 cm³/mol. The van der Waals surface area contributed by atoms with E-state index in [1.165, 1.54) is 0 Å². The first-order valence-corrected chi connectivity index (χ1v) is 8.78. The van der Waals surface area contributed by atoms with Crippen LogP contribution in [0.3, 0.4) is 0 Å². The summed E-state index contributed by atoms with van der Waals surface area (Å²) in [7, 11) is 2.13. The molecule has 2 aliphatic heterocycles. The smallest absolute Gasteiger partial charge is 0.228 e. The van der Waals surface area contributed by atoms with Crippen LogP contribution in [-0.2, 0) is 0 Å². The van der Waals surface area contributed by atoms with Gasteiger partial charge in [0, 0.05) is 49.9 Å². The zero-order chi connectivity index (χ0) is 17.2. The van der Waals surface area contributed by atoms with Gasteiger partial charge >= 0.3 is 0 Å². The molecule has 2 aromatic rings. The summed E-state index contributed by atoms with van der Waals surface area (Å²) in [5.74, 6) is 1.51. The van der Waals surface area contributed by atoms with E-state index in [1.54, 1.807) is 6.20 Å². The highest BCUT2D eigenvalue weighted by molar-refractivity contribution is 6.30. The molecule has 130 valence electrons. The molecule has 0 unspecified atom stereocenters. The van der Waals surface area contributed by atoms with Crippen LogP contribution in [0.15, 0.2) is 29.5 Å². The predicted octanol–water partition coefficient (Wildman–Crippen LogP) is 2.20. The third kappa shape index (κ3) is 3.57. The lowest BCUT2D eigenvalue weighted by atomic mass is 10.2. The van der Waals surface area contributed by atoms with Gasteiger partial charge in [-0.15, -0.1) is 0 Å². The number of piperazine rings is 1. The summed E-state index contributed by atoms with van der Waals surface area (Å²) in [5.41, 5.74) is 1.88. The van der Waals surface area contributed by atoms with Crippen molar-refractivity contribution < 1.29 is 0 Å². The molecule has 0 aliphatic carbocycles. The summed E-state index contributed by atoms with van der Waals surface area (Å²) in [6, 6.07) is 1.81. The fourth-order valence-corrected chi connectivity index (χ4v) is 3.14. The van der Waals surface area contributed by atoms with Crippen molar-refractivity contribution >= 4 is 40.0 Å². The zero-order valence-corrected chi connectivity index (χ0v) is 14.9. The molecule has 4 heterocycles. The topological polar surface area (TPSA) is 69.5 Å². The number of rotatable bonds is 4. The van der Waals surface area contributed by atoms with Crippen LogP contribution in [0, 0.1) is 0 Å². The van der Waals surface area contributed by atoms with E-state index in [1.807, 2.05) is 18.3 Å². The van der Waals surface area contributed by atoms with Crippen molar-refractivity contribution in [3.63, 3.8) is 0 Å². The standard InChI is InChI=1S/C17H20ClN7/c1-24-5-7-25(8-6-24)17-22-14-11-20-15(18)9-13(14)16(23-17)21-10-12-3-2-4-19-12/h2,4,9,11H,3,5-8,10H2,1H3,(H,21,22,23). The van der Waals surface area contributed by atoms with Gasteiger partial charge in [-0.1, -0.05) is 17.7 Å². The Balaban J connectivity index is 1.66. The number of aromatic nitrogens is 3. The van der Waals surface area contributed by atoms with Crippen molar-refractivity contribution in [2.24, 2.45) is 4.99 Å². The Labute approximate surface area is 151 Å². The summed E-state index contributed by atoms with van der Waals surface area (Å²) in [6.07, 6.45) is 6.47. The molecule has 0 amide bonds. The van der Waals surface area contributed by atoms with Crippen LogP contribution in [0.1, 0.15) is 6.42 Å². The van der Waals surface area contributed by atoms with Crippen LogP contribution < -0.4 is 10.2 Å². The van der Waals surface area contributed by atoms with Crippen molar-refractivity contribution in [3.05, 3.63) is 29.7 Å². The van der Waals surface area contributed by atoms with Crippen molar-refractivity contribution in [1.82, 2.24) is 19.9 Å². The fraction of sp³-hybridized carbons (Fsp3) is 0.412. The van der Waals surface area contributed by atoms with E-state index in [4.69, 9.17) is 21.6 Å². The van der Waals surface area contributed by atoms with Crippen LogP contribution in [-0.4, -0.2) is 65.3 Å². The number of aliphatic imine (C=N–C) groups is 1. The van der Waals surface area contributed by atoms with Gasteiger partial charge in [0.25, 0.3) is 0 Å². The van der Waals surface area contributed by atoms with Crippen molar-refractivity contribution in [1.29, 1.82) is 0 Å². The van der Waals surface area contributed by atoms with Gasteiger partial charge < -0.3 is 15.1 Å². The Morgan fingerprint density at radius 1 is 1.20 bits per heavy atom. The van der Waals surface area contributed by atoms with Gasteiger partial charge in [0.15, 0.2) is 0 Å². The molecule has 8 heteroatoms. The first-order chi connectivity index (χ1) is 12.2. The van der Waals surface area contributed by atoms with Gasteiger partial charge in [-0.25, -0.2) is 9.97 Å². The van der Waals surface area contributed by atoms with E-state index in [2.05, 4.69) is 32.1 Å². The Morgan fingerprint density at radius 2 is 2.04 bits per heavy atom. The summed E-state index contributed by atoms with van der Waals surface area (Å²) >= 11 is 6.08. The van der Waals surface area contributed by atoms with Gasteiger partial charge in [0.05, 0.1) is 18.3 Å². The maximum atomic E-state index is 6.08. The molecule has 0 bridgehead atoms. The van der Waals surface area contributed by atoms with Crippen molar-refractivity contribution in [2.75, 3.05) is 50.0 Å². The fourth-order valence-electron chi connectivity index (χ4n) is 2.98. The van der Waals surface area contributed by atoms with Gasteiger partial charge in [-0.3, -0.25) is 4.99 Å². The minimum absolute atomic E-state index is 0.436. The summed E-state index contributed by atoms with van der Waals surface area (Å²) < 4.78 is 0. The highest BCUT2D eigenvalue weighted by atomic mass is 35.5. The Morgan fingerprint density at radius 3 is 2.80 bits per heavy atom. The molecule has 2 aliphatic rings. The Kier molecular flexibility index (Phi) is 4.50. The monoisotopic (exact) mass is 357 g/mol. The second-order valence-electron chi connectivity index (χ2n) is 6.32. The molecule has 0 aromatic carbocycles. The number of hydrogen-bond acceptors (Lipinski definition) is 7. The molecule has 7 nitrogen and oxygen atoms in total. The van der Waals surface area contributed by atoms with Gasteiger partial charge in [-0.05, 0) is 13.1 Å². The van der Waals surface area contributed by atoms with E-state index in [0.29, 0.717) is 11.7 Å². The first kappa shape index (κ1) is 16.2. The average molecular weight is 358 g/mol. The number of halogens is 1. The average Bonchev–Trinajstić information content (AvgIpc) is 3.14. The lowest BCUT2D eigenvalue weighted by Crippen LogP contribution is -2.45. The highest BCUT2D eigenvalue weighted by Crippen LogP contribution is 2.25. The van der Waals surface area contributed by atoms with E-state index >= 15 is 0 Å². The number of likely N-dealkylation sites (N-methyl/N-ethyl adjacent to an activating group) is 1. The Bertz CT molecular complexity index is 840. The number of fused-ring (bicyclic) bond motifs is 1. The number of anilines is 2. The molecule has 1 fully saturated rings. The van der Waals surface area contributed by atoms with Gasteiger partial charge in [0.1, 0.15) is 11.0 Å². The van der Waals surface area contributed by atoms with Crippen LogP contribution in [0.25, 0.3) is 10.9 Å². The summed E-state index contributed by atoms with van der Waals surface area (Å²) in [5, 5.41) is 4.72. The summed E-state index contributed by atoms with van der Waals surface area (Å²) in [4.78, 5) is 22.5. The van der Waals surface area contributed by atoms with Gasteiger partial charge in [-0.2, -0.15) is 4.98 Å². The molecule has 0 spiro atoms. The lowest BCUT2D eigenvalue weighted by Gasteiger charge is -2.32. The van der Waals surface area contributed by atoms with Crippen LogP contribution in [0.5, 0.6) is 0 Å². The molecular weight excluding hydrogens is 338 g/mol.